The quantitative estimate of drug-likeness (QED) is 0.158. The summed E-state index contributed by atoms with van der Waals surface area (Å²) in [5, 5.41) is 3.57. The van der Waals surface area contributed by atoms with Crippen molar-refractivity contribution in [1.82, 2.24) is 39.9 Å². The van der Waals surface area contributed by atoms with Crippen LogP contribution in [0.15, 0.2) is 97.1 Å². The molecular formula is C35H26CuN8. The third-order valence-electron chi connectivity index (χ3n) is 7.33. The fraction of sp³-hybridized carbons (Fsp3) is 0.0857. The Morgan fingerprint density at radius 1 is 0.364 bits per heavy atom. The number of nitrogens with zero attached hydrogens (tertiary/aromatic N) is 8. The molecule has 1 radical (unpaired) electrons. The molecule has 44 heavy (non-hydrogen) atoms. The minimum Gasteiger partial charge on any atom is -0.357 e. The van der Waals surface area contributed by atoms with Gasteiger partial charge in [0.15, 0.2) is 0 Å². The number of aromatic nitrogens is 8. The van der Waals surface area contributed by atoms with Gasteiger partial charge in [-0.3, -0.25) is 0 Å². The molecule has 8 nitrogen and oxygen atoms in total. The molecule has 3 aromatic heterocycles. The zero-order valence-corrected chi connectivity index (χ0v) is 24.1. The van der Waals surface area contributed by atoms with Crippen molar-refractivity contribution in [2.45, 2.75) is 21.3 Å². The Morgan fingerprint density at radius 2 is 0.591 bits per heavy atom. The third-order valence-corrected chi connectivity index (χ3v) is 7.33. The Balaban J connectivity index is 0.000000842. The van der Waals surface area contributed by atoms with Crippen molar-refractivity contribution in [3.63, 3.8) is 0 Å². The van der Waals surface area contributed by atoms with Gasteiger partial charge in [-0.15, -0.1) is 0 Å². The molecule has 0 N–H and O–H groups in total. The molecule has 0 saturated heterocycles. The van der Waals surface area contributed by atoms with Crippen LogP contribution in [0.3, 0.4) is 0 Å². The minimum absolute atomic E-state index is 0. The van der Waals surface area contributed by atoms with Crippen LogP contribution in [0.2, 0.25) is 0 Å². The van der Waals surface area contributed by atoms with Gasteiger partial charge in [-0.25, -0.2) is 9.97 Å². The second-order valence-electron chi connectivity index (χ2n) is 9.67. The summed E-state index contributed by atoms with van der Waals surface area (Å²) in [6.07, 6.45) is 0. The van der Waals surface area contributed by atoms with Crippen LogP contribution >= 0.6 is 0 Å². The summed E-state index contributed by atoms with van der Waals surface area (Å²) in [5.41, 5.74) is 5.78. The first-order chi connectivity index (χ1) is 20.8. The molecule has 0 saturated carbocycles. The van der Waals surface area contributed by atoms with Crippen molar-refractivity contribution >= 4 is 44.1 Å². The van der Waals surface area contributed by atoms with E-state index in [-0.39, 0.29) is 24.5 Å². The molecule has 5 heterocycles. The molecule has 0 spiro atoms. The molecule has 2 aliphatic rings. The molecule has 217 valence electrons. The van der Waals surface area contributed by atoms with Crippen LogP contribution in [0.5, 0.6) is 0 Å². The van der Waals surface area contributed by atoms with Crippen molar-refractivity contribution in [2.75, 3.05) is 0 Å². The Labute approximate surface area is 264 Å². The Morgan fingerprint density at radius 3 is 0.841 bits per heavy atom. The molecule has 9 rings (SSSR count). The predicted octanol–water partition coefficient (Wildman–Crippen LogP) is 7.79. The van der Waals surface area contributed by atoms with E-state index in [1.54, 1.807) is 0 Å². The molecule has 0 unspecified atom stereocenters. The van der Waals surface area contributed by atoms with Crippen LogP contribution in [0.25, 0.3) is 89.7 Å². The van der Waals surface area contributed by atoms with Gasteiger partial charge >= 0.3 is 17.1 Å². The second-order valence-corrected chi connectivity index (χ2v) is 9.67. The molecule has 4 aromatic carbocycles. The Bertz CT molecular complexity index is 2030. The van der Waals surface area contributed by atoms with E-state index in [0.717, 1.165) is 43.8 Å². The van der Waals surface area contributed by atoms with Gasteiger partial charge in [-0.05, 0) is 21.5 Å². The van der Waals surface area contributed by atoms with Crippen LogP contribution in [0.4, 0.5) is 0 Å². The fourth-order valence-electron chi connectivity index (χ4n) is 5.46. The van der Waals surface area contributed by atoms with Gasteiger partial charge in [-0.2, -0.15) is 0 Å². The topological polar surface area (TPSA) is 106 Å². The molecular weight excluding hydrogens is 596 g/mol. The van der Waals surface area contributed by atoms with E-state index < -0.39 is 0 Å². The molecule has 2 aliphatic heterocycles. The summed E-state index contributed by atoms with van der Waals surface area (Å²) in [6, 6.07) is 31.8. The Hall–Kier alpha value is -5.24. The normalized spacial score (nSPS) is 11.0. The summed E-state index contributed by atoms with van der Waals surface area (Å²) in [7, 11) is 0. The maximum absolute atomic E-state index is 4.95. The largest absolute Gasteiger partial charge is 2.00 e. The van der Waals surface area contributed by atoms with Gasteiger partial charge in [0.2, 0.25) is 0 Å². The van der Waals surface area contributed by atoms with E-state index in [2.05, 4.69) is 0 Å². The first-order valence-electron chi connectivity index (χ1n) is 13.9. The standard InChI is InChI=1S/C32H16N8.C2H6.CH4.Cu/c1-2-10-18-17(9-1)25-33-26(18)38-28-21-13-5-6-14-22(21)30(35-28)40-32-24-16-8-7-15-23(24)31(36-32)39-29-20-12-4-3-11-19(20)27(34-29)37-25;1-2;;/h1-16H;1-2H3;1H4;/q-2;;;+2. The van der Waals surface area contributed by atoms with Gasteiger partial charge in [0, 0.05) is 44.8 Å². The molecule has 7 aromatic rings. The van der Waals surface area contributed by atoms with Crippen molar-refractivity contribution in [3.05, 3.63) is 97.1 Å². The fourth-order valence-corrected chi connectivity index (χ4v) is 5.46. The third kappa shape index (κ3) is 4.45. The minimum atomic E-state index is 0. The maximum Gasteiger partial charge on any atom is 2.00 e. The molecule has 9 heteroatoms. The van der Waals surface area contributed by atoms with Crippen molar-refractivity contribution in [3.8, 4) is 45.6 Å². The molecule has 0 fully saturated rings. The SMILES string of the molecule is C.CC.[Cu+2].c1ccc2c(c1)-c1nc-2nc2[n-]c(nc3nc(nc4[n-]c(n1)c1ccccc41)-c1ccccc1-3)c1ccccc21. The molecule has 8 bridgehead atoms. The van der Waals surface area contributed by atoms with E-state index in [0.29, 0.717) is 45.9 Å². The van der Waals surface area contributed by atoms with E-state index in [1.807, 2.05) is 111 Å². The maximum atomic E-state index is 4.95. The first-order valence-corrected chi connectivity index (χ1v) is 13.9. The van der Waals surface area contributed by atoms with Crippen LogP contribution in [0.1, 0.15) is 21.3 Å². The van der Waals surface area contributed by atoms with Crippen LogP contribution in [-0.2, 0) is 17.1 Å². The van der Waals surface area contributed by atoms with E-state index in [1.165, 1.54) is 0 Å². The zero-order valence-electron chi connectivity index (χ0n) is 23.1. The smallest absolute Gasteiger partial charge is 0.357 e. The second kappa shape index (κ2) is 11.4. The summed E-state index contributed by atoms with van der Waals surface area (Å²) < 4.78 is 0. The molecule has 0 aliphatic carbocycles. The van der Waals surface area contributed by atoms with Gasteiger partial charge in [0.05, 0.1) is 23.3 Å². The van der Waals surface area contributed by atoms with E-state index in [4.69, 9.17) is 39.9 Å². The number of fused-ring (bicyclic) bond motifs is 20. The number of benzene rings is 4. The average Bonchev–Trinajstić information content (AvgIpc) is 3.78. The zero-order chi connectivity index (χ0) is 28.2. The number of hydrogen-bond acceptors (Lipinski definition) is 6. The van der Waals surface area contributed by atoms with E-state index in [9.17, 15) is 0 Å². The molecule has 0 atom stereocenters. The van der Waals surface area contributed by atoms with Gasteiger partial charge in [0.25, 0.3) is 0 Å². The van der Waals surface area contributed by atoms with Crippen molar-refractivity contribution < 1.29 is 17.1 Å². The van der Waals surface area contributed by atoms with Crippen LogP contribution < -0.4 is 9.97 Å². The van der Waals surface area contributed by atoms with Crippen LogP contribution in [-0.4, -0.2) is 29.9 Å². The van der Waals surface area contributed by atoms with E-state index >= 15 is 0 Å². The van der Waals surface area contributed by atoms with Gasteiger partial charge in [-0.1, -0.05) is 118 Å². The summed E-state index contributed by atoms with van der Waals surface area (Å²) in [4.78, 5) is 39.3. The monoisotopic (exact) mass is 621 g/mol. The first kappa shape index (κ1) is 28.9. The summed E-state index contributed by atoms with van der Waals surface area (Å²) in [5.74, 6) is 2.21. The average molecular weight is 622 g/mol. The van der Waals surface area contributed by atoms with Gasteiger partial charge < -0.3 is 29.9 Å². The number of rotatable bonds is 0. The Kier molecular flexibility index (Phi) is 7.51. The van der Waals surface area contributed by atoms with Crippen molar-refractivity contribution in [2.24, 2.45) is 0 Å². The van der Waals surface area contributed by atoms with Crippen LogP contribution in [0, 0.1) is 0 Å². The predicted molar refractivity (Wildman–Crippen MR) is 172 cm³/mol. The molecule has 0 amide bonds. The number of hydrogen-bond donors (Lipinski definition) is 0. The van der Waals surface area contributed by atoms with Gasteiger partial charge in [0.1, 0.15) is 0 Å². The summed E-state index contributed by atoms with van der Waals surface area (Å²) >= 11 is 0. The summed E-state index contributed by atoms with van der Waals surface area (Å²) in [6.45, 7) is 4.00. The van der Waals surface area contributed by atoms with Crippen molar-refractivity contribution in [1.29, 1.82) is 0 Å².